The Balaban J connectivity index is 4.00. The highest BCUT2D eigenvalue weighted by atomic mass is 16.5. The molecule has 11 heavy (non-hydrogen) atoms. The molecule has 66 valence electrons. The van der Waals surface area contributed by atoms with Crippen molar-refractivity contribution in [1.82, 2.24) is 0 Å². The van der Waals surface area contributed by atoms with E-state index in [1.807, 2.05) is 20.8 Å². The number of quaternary nitrogens is 1. The van der Waals surface area contributed by atoms with Crippen LogP contribution in [0.1, 0.15) is 27.7 Å². The van der Waals surface area contributed by atoms with Gasteiger partial charge in [0.25, 0.3) is 0 Å². The zero-order valence-corrected chi connectivity index (χ0v) is 7.76. The van der Waals surface area contributed by atoms with E-state index in [-0.39, 0.29) is 18.1 Å². The Labute approximate surface area is 67.9 Å². The van der Waals surface area contributed by atoms with Crippen molar-refractivity contribution in [1.29, 1.82) is 0 Å². The summed E-state index contributed by atoms with van der Waals surface area (Å²) < 4.78 is 5.07. The average molecular weight is 160 g/mol. The maximum atomic E-state index is 10.6. The Bertz CT molecular complexity index is 124. The van der Waals surface area contributed by atoms with Crippen LogP contribution in [-0.2, 0) is 9.53 Å². The highest BCUT2D eigenvalue weighted by Gasteiger charge is 2.23. The van der Waals surface area contributed by atoms with Crippen LogP contribution in [0.2, 0.25) is 0 Å². The van der Waals surface area contributed by atoms with E-state index < -0.39 is 0 Å². The van der Waals surface area contributed by atoms with Crippen molar-refractivity contribution in [2.45, 2.75) is 39.8 Å². The molecular weight excluding hydrogens is 142 g/mol. The second-order valence-electron chi connectivity index (χ2n) is 3.30. The zero-order chi connectivity index (χ0) is 9.02. The number of carbonyl (C=O) groups is 1. The molecule has 0 aromatic carbocycles. The average Bonchev–Trinajstić information content (AvgIpc) is 1.81. The van der Waals surface area contributed by atoms with Gasteiger partial charge < -0.3 is 10.5 Å². The second kappa shape index (κ2) is 4.34. The lowest BCUT2D eigenvalue weighted by atomic mass is 10.0. The molecule has 0 aromatic rings. The molecule has 0 heterocycles. The lowest BCUT2D eigenvalue weighted by Crippen LogP contribution is -2.66. The molecule has 0 spiro atoms. The van der Waals surface area contributed by atoms with Gasteiger partial charge in [0.15, 0.2) is 6.10 Å². The van der Waals surface area contributed by atoms with E-state index in [2.05, 4.69) is 5.73 Å². The van der Waals surface area contributed by atoms with Crippen molar-refractivity contribution in [3.8, 4) is 0 Å². The Morgan fingerprint density at radius 1 is 1.36 bits per heavy atom. The van der Waals surface area contributed by atoms with Crippen LogP contribution in [0.5, 0.6) is 0 Å². The van der Waals surface area contributed by atoms with E-state index >= 15 is 0 Å². The van der Waals surface area contributed by atoms with E-state index in [0.717, 1.165) is 0 Å². The molecule has 0 radical (unpaired) electrons. The van der Waals surface area contributed by atoms with Crippen LogP contribution in [0.25, 0.3) is 0 Å². The minimum absolute atomic E-state index is 0.0486. The molecule has 0 saturated heterocycles. The minimum atomic E-state index is -0.223. The van der Waals surface area contributed by atoms with Crippen LogP contribution in [0.15, 0.2) is 0 Å². The third kappa shape index (κ3) is 3.98. The van der Waals surface area contributed by atoms with Gasteiger partial charge in [-0.05, 0) is 12.8 Å². The molecule has 0 aliphatic heterocycles. The van der Waals surface area contributed by atoms with Gasteiger partial charge in [-0.25, -0.2) is 0 Å². The molecule has 0 fully saturated rings. The monoisotopic (exact) mass is 160 g/mol. The Kier molecular flexibility index (Phi) is 4.11. The van der Waals surface area contributed by atoms with Crippen LogP contribution >= 0.6 is 0 Å². The summed E-state index contributed by atoms with van der Waals surface area (Å²) in [4.78, 5) is 10.6. The highest BCUT2D eigenvalue weighted by molar-refractivity contribution is 5.66. The third-order valence-electron chi connectivity index (χ3n) is 1.52. The minimum Gasteiger partial charge on any atom is -0.456 e. The summed E-state index contributed by atoms with van der Waals surface area (Å²) in [5.74, 6) is 0.116. The number of ether oxygens (including phenoxy) is 1. The maximum Gasteiger partial charge on any atom is 0.303 e. The predicted octanol–water partition coefficient (Wildman–Crippen LogP) is 0.205. The van der Waals surface area contributed by atoms with Crippen LogP contribution in [0.4, 0.5) is 0 Å². The van der Waals surface area contributed by atoms with Crippen LogP contribution < -0.4 is 5.73 Å². The van der Waals surface area contributed by atoms with Crippen LogP contribution in [-0.4, -0.2) is 18.1 Å². The van der Waals surface area contributed by atoms with Crippen molar-refractivity contribution >= 4 is 5.97 Å². The fraction of sp³-hybridized carbons (Fsp3) is 0.875. The van der Waals surface area contributed by atoms with Crippen molar-refractivity contribution < 1.29 is 15.3 Å². The van der Waals surface area contributed by atoms with Gasteiger partial charge >= 0.3 is 5.97 Å². The summed E-state index contributed by atoms with van der Waals surface area (Å²) in [6.45, 7) is 7.43. The van der Waals surface area contributed by atoms with Gasteiger partial charge in [-0.1, -0.05) is 13.8 Å². The molecule has 0 aliphatic carbocycles. The third-order valence-corrected chi connectivity index (χ3v) is 1.52. The predicted molar refractivity (Wildman–Crippen MR) is 42.7 cm³/mol. The Hall–Kier alpha value is -0.570. The van der Waals surface area contributed by atoms with Crippen LogP contribution in [0, 0.1) is 5.92 Å². The summed E-state index contributed by atoms with van der Waals surface area (Å²) in [6.07, 6.45) is -0.0486. The lowest BCUT2D eigenvalue weighted by molar-refractivity contribution is -0.434. The molecule has 2 atom stereocenters. The quantitative estimate of drug-likeness (QED) is 0.600. The van der Waals surface area contributed by atoms with Gasteiger partial charge in [-0.2, -0.15) is 0 Å². The first-order chi connectivity index (χ1) is 4.95. The smallest absolute Gasteiger partial charge is 0.303 e. The largest absolute Gasteiger partial charge is 0.456 e. The highest BCUT2D eigenvalue weighted by Crippen LogP contribution is 2.08. The van der Waals surface area contributed by atoms with E-state index in [1.165, 1.54) is 6.92 Å². The van der Waals surface area contributed by atoms with Crippen molar-refractivity contribution in [3.63, 3.8) is 0 Å². The van der Waals surface area contributed by atoms with Gasteiger partial charge in [-0.3, -0.25) is 4.79 Å². The van der Waals surface area contributed by atoms with E-state index in [1.54, 1.807) is 0 Å². The topological polar surface area (TPSA) is 53.9 Å². The number of rotatable bonds is 3. The molecule has 3 N–H and O–H groups in total. The molecule has 0 aromatic heterocycles. The molecule has 0 bridgehead atoms. The standard InChI is InChI=1S/C8H17NO2/c1-5(2)8(6(3)9)11-7(4)10/h5-6,8H,9H2,1-4H3/p+1. The van der Waals surface area contributed by atoms with Gasteiger partial charge in [0.1, 0.15) is 6.04 Å². The van der Waals surface area contributed by atoms with E-state index in [4.69, 9.17) is 4.74 Å². The maximum absolute atomic E-state index is 10.6. The first-order valence-electron chi connectivity index (χ1n) is 3.95. The van der Waals surface area contributed by atoms with Crippen molar-refractivity contribution in [2.75, 3.05) is 0 Å². The fourth-order valence-corrected chi connectivity index (χ4v) is 1.10. The summed E-state index contributed by atoms with van der Waals surface area (Å²) in [5, 5.41) is 0. The first kappa shape index (κ1) is 10.4. The van der Waals surface area contributed by atoms with Gasteiger partial charge in [0, 0.05) is 6.92 Å². The SMILES string of the molecule is CC(=O)OC(C(C)C)C(C)[NH3+]. The van der Waals surface area contributed by atoms with E-state index in [0.29, 0.717) is 5.92 Å². The number of hydrogen-bond donors (Lipinski definition) is 1. The summed E-state index contributed by atoms with van der Waals surface area (Å²) >= 11 is 0. The fourth-order valence-electron chi connectivity index (χ4n) is 1.10. The number of carbonyl (C=O) groups excluding carboxylic acids is 1. The molecule has 0 saturated carbocycles. The van der Waals surface area contributed by atoms with Crippen molar-refractivity contribution in [2.24, 2.45) is 5.92 Å². The number of hydrogen-bond acceptors (Lipinski definition) is 2. The Morgan fingerprint density at radius 2 is 1.82 bits per heavy atom. The Morgan fingerprint density at radius 3 is 1.91 bits per heavy atom. The van der Waals surface area contributed by atoms with Crippen LogP contribution in [0.3, 0.4) is 0 Å². The summed E-state index contributed by atoms with van der Waals surface area (Å²) in [5.41, 5.74) is 3.84. The van der Waals surface area contributed by atoms with E-state index in [9.17, 15) is 4.79 Å². The molecule has 0 amide bonds. The normalized spacial score (nSPS) is 16.2. The molecule has 3 heteroatoms. The molecular formula is C8H18NO2+. The zero-order valence-electron chi connectivity index (χ0n) is 7.76. The lowest BCUT2D eigenvalue weighted by Gasteiger charge is -2.21. The molecule has 2 unspecified atom stereocenters. The summed E-state index contributed by atoms with van der Waals surface area (Å²) in [6, 6.07) is 0.152. The van der Waals surface area contributed by atoms with Gasteiger partial charge in [0.05, 0.1) is 0 Å². The van der Waals surface area contributed by atoms with Crippen molar-refractivity contribution in [3.05, 3.63) is 0 Å². The molecule has 0 aliphatic rings. The van der Waals surface area contributed by atoms with Gasteiger partial charge in [0.2, 0.25) is 0 Å². The first-order valence-corrected chi connectivity index (χ1v) is 3.95. The van der Waals surface area contributed by atoms with Gasteiger partial charge in [-0.15, -0.1) is 0 Å². The summed E-state index contributed by atoms with van der Waals surface area (Å²) in [7, 11) is 0. The number of esters is 1. The second-order valence-corrected chi connectivity index (χ2v) is 3.30. The molecule has 3 nitrogen and oxygen atoms in total. The molecule has 0 rings (SSSR count).